The van der Waals surface area contributed by atoms with Crippen molar-refractivity contribution in [1.82, 2.24) is 14.5 Å². The number of rotatable bonds is 11. The first kappa shape index (κ1) is 45.3. The van der Waals surface area contributed by atoms with Gasteiger partial charge in [-0.15, -0.1) is 0 Å². The maximum atomic E-state index is 11.0. The highest BCUT2D eigenvalue weighted by Crippen LogP contribution is 2.43. The largest absolute Gasteiger partial charge is 0.310 e. The van der Waals surface area contributed by atoms with Gasteiger partial charge >= 0.3 is 0 Å². The van der Waals surface area contributed by atoms with Crippen molar-refractivity contribution in [3.05, 3.63) is 271 Å². The van der Waals surface area contributed by atoms with Gasteiger partial charge in [0.15, 0.2) is 5.82 Å². The van der Waals surface area contributed by atoms with Crippen molar-refractivity contribution in [2.75, 3.05) is 9.80 Å². The van der Waals surface area contributed by atoms with E-state index < -0.39 is 0 Å². The zero-order valence-corrected chi connectivity index (χ0v) is 40.3. The van der Waals surface area contributed by atoms with E-state index in [1.165, 1.54) is 0 Å². The zero-order valence-electron chi connectivity index (χ0n) is 40.3. The molecule has 0 aliphatic heterocycles. The van der Waals surface area contributed by atoms with Gasteiger partial charge < -0.3 is 14.4 Å². The molecule has 0 saturated carbocycles. The van der Waals surface area contributed by atoms with Gasteiger partial charge in [0.25, 0.3) is 0 Å². The Morgan fingerprint density at radius 3 is 1.23 bits per heavy atom. The third kappa shape index (κ3) is 8.55. The monoisotopic (exact) mass is 958 g/mol. The topological polar surface area (TPSA) is 109 Å². The quantitative estimate of drug-likeness (QED) is 0.127. The predicted octanol–water partition coefficient (Wildman–Crippen LogP) is 16.8. The Morgan fingerprint density at radius 2 is 0.733 bits per heavy atom. The molecule has 0 aliphatic carbocycles. The summed E-state index contributed by atoms with van der Waals surface area (Å²) < 4.78 is 2.22. The Balaban J connectivity index is 0.983. The minimum atomic E-state index is 0.387. The Kier molecular flexibility index (Phi) is 11.9. The van der Waals surface area contributed by atoms with Crippen molar-refractivity contribution in [2.24, 2.45) is 0 Å². The van der Waals surface area contributed by atoms with Gasteiger partial charge in [0.2, 0.25) is 0 Å². The van der Waals surface area contributed by atoms with Gasteiger partial charge in [-0.2, -0.15) is 15.8 Å². The molecule has 0 N–H and O–H groups in total. The Labute approximate surface area is 434 Å². The van der Waals surface area contributed by atoms with E-state index in [0.717, 1.165) is 78.3 Å². The summed E-state index contributed by atoms with van der Waals surface area (Å²) in [6.45, 7) is 0. The number of aromatic nitrogens is 3. The lowest BCUT2D eigenvalue weighted by atomic mass is 9.99. The normalized spacial score (nSPS) is 10.9. The first-order chi connectivity index (χ1) is 37.1. The van der Waals surface area contributed by atoms with Crippen LogP contribution in [0.2, 0.25) is 0 Å². The molecular weight excluding hydrogens is 917 g/mol. The molecule has 8 nitrogen and oxygen atoms in total. The third-order valence-electron chi connectivity index (χ3n) is 13.5. The lowest BCUT2D eigenvalue weighted by molar-refractivity contribution is 1.17. The molecule has 75 heavy (non-hydrogen) atoms. The second kappa shape index (κ2) is 19.7. The van der Waals surface area contributed by atoms with Crippen LogP contribution in [0.3, 0.4) is 0 Å². The second-order valence-corrected chi connectivity index (χ2v) is 17.9. The van der Waals surface area contributed by atoms with Gasteiger partial charge in [-0.1, -0.05) is 133 Å². The average molecular weight is 959 g/mol. The van der Waals surface area contributed by atoms with Gasteiger partial charge in [0.05, 0.1) is 56.9 Å². The van der Waals surface area contributed by atoms with E-state index in [-0.39, 0.29) is 0 Å². The van der Waals surface area contributed by atoms with Crippen LogP contribution in [0.15, 0.2) is 255 Å². The van der Waals surface area contributed by atoms with Gasteiger partial charge in [0, 0.05) is 61.6 Å². The second-order valence-electron chi connectivity index (χ2n) is 17.9. The third-order valence-corrected chi connectivity index (χ3v) is 13.5. The molecule has 350 valence electrons. The molecule has 2 heterocycles. The van der Waals surface area contributed by atoms with Crippen molar-refractivity contribution in [1.29, 1.82) is 15.8 Å². The molecule has 0 atom stereocenters. The number of hydrogen-bond donors (Lipinski definition) is 0. The fourth-order valence-corrected chi connectivity index (χ4v) is 10.0. The van der Waals surface area contributed by atoms with E-state index in [1.807, 2.05) is 103 Å². The fraction of sp³-hybridized carbons (Fsp3) is 0. The molecular formula is C67H42N8. The lowest BCUT2D eigenvalue weighted by Gasteiger charge is -2.26. The van der Waals surface area contributed by atoms with Crippen LogP contribution in [0.4, 0.5) is 34.1 Å². The zero-order chi connectivity index (χ0) is 50.7. The van der Waals surface area contributed by atoms with Crippen LogP contribution in [0.25, 0.3) is 72.5 Å². The van der Waals surface area contributed by atoms with E-state index in [1.54, 1.807) is 12.1 Å². The van der Waals surface area contributed by atoms with Crippen molar-refractivity contribution >= 4 is 55.9 Å². The summed E-state index contributed by atoms with van der Waals surface area (Å²) in [5, 5.41) is 33.1. The number of nitrogens with zero attached hydrogens (tertiary/aromatic N) is 8. The number of nitriles is 3. The fourth-order valence-electron chi connectivity index (χ4n) is 10.0. The molecule has 8 heteroatoms. The van der Waals surface area contributed by atoms with Crippen molar-refractivity contribution in [3.8, 4) is 68.9 Å². The summed E-state index contributed by atoms with van der Waals surface area (Å²) in [7, 11) is 0. The number of fused-ring (bicyclic) bond motifs is 3. The average Bonchev–Trinajstić information content (AvgIpc) is 3.81. The van der Waals surface area contributed by atoms with Crippen LogP contribution in [0.5, 0.6) is 0 Å². The van der Waals surface area contributed by atoms with Crippen LogP contribution in [0.1, 0.15) is 16.7 Å². The lowest BCUT2D eigenvalue weighted by Crippen LogP contribution is -2.09. The van der Waals surface area contributed by atoms with Crippen LogP contribution in [-0.4, -0.2) is 14.5 Å². The highest BCUT2D eigenvalue weighted by atomic mass is 15.1. The van der Waals surface area contributed by atoms with Gasteiger partial charge in [0.1, 0.15) is 6.07 Å². The van der Waals surface area contributed by atoms with Crippen LogP contribution in [-0.2, 0) is 0 Å². The van der Waals surface area contributed by atoms with E-state index >= 15 is 0 Å². The molecule has 0 spiro atoms. The van der Waals surface area contributed by atoms with Gasteiger partial charge in [-0.25, -0.2) is 9.97 Å². The minimum absolute atomic E-state index is 0.387. The number of para-hydroxylation sites is 4. The number of anilines is 6. The number of hydrogen-bond acceptors (Lipinski definition) is 7. The van der Waals surface area contributed by atoms with Crippen LogP contribution in [0, 0.1) is 34.0 Å². The SMILES string of the molecule is N#Cc1ccccc1-c1cc(-c2ccc(-c3ccc(-n4c5ccc(N(c6ccccc6)c6ccccc6)cc5c5cc(N(c6ccccc6)c6ccccc6)ccc54)c(C#N)c3)cc2)nc(-c2ccccc2C#N)n1. The Bertz CT molecular complexity index is 3910. The summed E-state index contributed by atoms with van der Waals surface area (Å²) in [4.78, 5) is 14.4. The summed E-state index contributed by atoms with van der Waals surface area (Å²) in [5.41, 5.74) is 15.4. The van der Waals surface area contributed by atoms with E-state index in [9.17, 15) is 15.8 Å². The number of benzene rings is 10. The van der Waals surface area contributed by atoms with Crippen molar-refractivity contribution in [2.45, 2.75) is 0 Å². The van der Waals surface area contributed by atoms with Crippen molar-refractivity contribution < 1.29 is 0 Å². The maximum Gasteiger partial charge on any atom is 0.161 e. The van der Waals surface area contributed by atoms with Crippen molar-refractivity contribution in [3.63, 3.8) is 0 Å². The highest BCUT2D eigenvalue weighted by molar-refractivity contribution is 6.12. The summed E-state index contributed by atoms with van der Waals surface area (Å²) in [6, 6.07) is 92.6. The molecule has 0 fully saturated rings. The smallest absolute Gasteiger partial charge is 0.161 e. The molecule has 0 radical (unpaired) electrons. The summed E-state index contributed by atoms with van der Waals surface area (Å²) >= 11 is 0. The minimum Gasteiger partial charge on any atom is -0.310 e. The molecule has 12 rings (SSSR count). The predicted molar refractivity (Wildman–Crippen MR) is 302 cm³/mol. The first-order valence-corrected chi connectivity index (χ1v) is 24.5. The van der Waals surface area contributed by atoms with E-state index in [2.05, 4.69) is 172 Å². The molecule has 10 aromatic carbocycles. The maximum absolute atomic E-state index is 11.0. The molecule has 0 unspecified atom stereocenters. The Morgan fingerprint density at radius 1 is 0.320 bits per heavy atom. The van der Waals surface area contributed by atoms with Gasteiger partial charge in [-0.3, -0.25) is 0 Å². The molecule has 0 aliphatic rings. The standard InChI is InChI=1S/C67H42N8/c68-43-49-17-13-15-27-58(49)63-42-62(71-67(72-63)59-28-16-14-18-50(59)44-69)47-31-29-46(30-32-47)48-33-36-64(51(39-48)45-70)75-65-37-34-56(73(52-19-5-1-6-20-52)53-21-7-2-8-22-53)40-60(65)61-41-57(35-38-66(61)75)74(54-23-9-3-10-24-54)55-25-11-4-12-26-55/h1-42H. The molecule has 2 aromatic heterocycles. The van der Waals surface area contributed by atoms with Crippen LogP contribution >= 0.6 is 0 Å². The highest BCUT2D eigenvalue weighted by Gasteiger charge is 2.22. The molecule has 0 saturated heterocycles. The summed E-state index contributed by atoms with van der Waals surface area (Å²) in [5.74, 6) is 0.387. The summed E-state index contributed by atoms with van der Waals surface area (Å²) in [6.07, 6.45) is 0. The molecule has 0 bridgehead atoms. The Hall–Kier alpha value is -10.9. The van der Waals surface area contributed by atoms with E-state index in [4.69, 9.17) is 9.97 Å². The molecule has 12 aromatic rings. The molecule has 0 amide bonds. The first-order valence-electron chi connectivity index (χ1n) is 24.5. The van der Waals surface area contributed by atoms with Gasteiger partial charge in [-0.05, 0) is 132 Å². The van der Waals surface area contributed by atoms with E-state index in [0.29, 0.717) is 45.0 Å². The van der Waals surface area contributed by atoms with Crippen LogP contribution < -0.4 is 9.80 Å².